The Morgan fingerprint density at radius 1 is 0.983 bits per heavy atom. The Kier molecular flexibility index (Phi) is 11.6. The molecule has 1 aromatic heterocycles. The highest BCUT2D eigenvalue weighted by molar-refractivity contribution is 6.36. The standard InChI is InChI=1S/C44H47ClF4N4O6/c1-57-37-19-24(18-35(46)33(37)21-50-20-26-9-12-38(54)51-26)28-5-3-8-32(39(28)45)29-6-4-7-31-30(29)10-11-36(31)59-41-34(44(47,48)49)17-25(40(52-41)58-2)22-53-23-43(42(55)56)15-13-27(53)14-16-43/h3-8,17-19,26-27,36,42,50,55-56H,9-16,20-23H2,1-2H3,(H,51,54)/t26-,27?,36-,43?/m0/s1. The fraction of sp³-hybridized carbons (Fsp3) is 0.455. The van der Waals surface area contributed by atoms with Crippen molar-refractivity contribution in [3.8, 4) is 39.8 Å². The molecule has 4 fully saturated rings. The summed E-state index contributed by atoms with van der Waals surface area (Å²) in [6.07, 6.45) is -2.21. The maximum atomic E-state index is 15.7. The molecule has 4 N–H and O–H groups in total. The first-order valence-corrected chi connectivity index (χ1v) is 20.4. The van der Waals surface area contributed by atoms with E-state index >= 15 is 4.39 Å². The third kappa shape index (κ3) is 8.09. The number of hydrogen-bond acceptors (Lipinski definition) is 9. The summed E-state index contributed by atoms with van der Waals surface area (Å²) in [5, 5.41) is 26.8. The van der Waals surface area contributed by atoms with E-state index in [1.165, 1.54) is 20.3 Å². The second-order valence-electron chi connectivity index (χ2n) is 16.1. The van der Waals surface area contributed by atoms with Crippen molar-refractivity contribution in [1.29, 1.82) is 0 Å². The van der Waals surface area contributed by atoms with E-state index in [9.17, 15) is 28.2 Å². The lowest BCUT2D eigenvalue weighted by Crippen LogP contribution is -2.57. The molecule has 59 heavy (non-hydrogen) atoms. The first-order chi connectivity index (χ1) is 28.3. The van der Waals surface area contributed by atoms with E-state index in [1.807, 2.05) is 35.2 Å². The Morgan fingerprint density at radius 2 is 1.73 bits per heavy atom. The number of amides is 1. The van der Waals surface area contributed by atoms with Crippen molar-refractivity contribution in [2.24, 2.45) is 5.41 Å². The Morgan fingerprint density at radius 3 is 2.42 bits per heavy atom. The summed E-state index contributed by atoms with van der Waals surface area (Å²) in [6.45, 7) is 1.16. The zero-order valence-corrected chi connectivity index (χ0v) is 33.6. The van der Waals surface area contributed by atoms with Gasteiger partial charge >= 0.3 is 6.18 Å². The van der Waals surface area contributed by atoms with Gasteiger partial charge in [-0.05, 0) is 85.4 Å². The molecule has 2 atom stereocenters. The van der Waals surface area contributed by atoms with E-state index in [2.05, 4.69) is 15.6 Å². The van der Waals surface area contributed by atoms with Crippen LogP contribution in [0.25, 0.3) is 22.3 Å². The Balaban J connectivity index is 1.04. The number of nitrogens with zero attached hydrogens (tertiary/aromatic N) is 2. The summed E-state index contributed by atoms with van der Waals surface area (Å²) in [5.74, 6) is -0.692. The number of alkyl halides is 3. The van der Waals surface area contributed by atoms with Crippen LogP contribution in [0, 0.1) is 11.2 Å². The quantitative estimate of drug-likeness (QED) is 0.0791. The number of aliphatic hydroxyl groups excluding tert-OH is 1. The van der Waals surface area contributed by atoms with Gasteiger partial charge in [0.15, 0.2) is 6.29 Å². The van der Waals surface area contributed by atoms with Crippen LogP contribution in [0.3, 0.4) is 0 Å². The van der Waals surface area contributed by atoms with Crippen molar-refractivity contribution in [1.82, 2.24) is 20.5 Å². The number of carbonyl (C=O) groups excluding carboxylic acids is 1. The summed E-state index contributed by atoms with van der Waals surface area (Å²) >= 11 is 7.12. The Bertz CT molecular complexity index is 2230. The molecular weight excluding hydrogens is 792 g/mol. The smallest absolute Gasteiger partial charge is 0.421 e. The van der Waals surface area contributed by atoms with Crippen molar-refractivity contribution in [3.05, 3.63) is 93.3 Å². The molecule has 0 unspecified atom stereocenters. The van der Waals surface area contributed by atoms with Gasteiger partial charge in [0.1, 0.15) is 23.2 Å². The summed E-state index contributed by atoms with van der Waals surface area (Å²) in [5.41, 5.74) is 2.98. The molecule has 3 aromatic carbocycles. The lowest BCUT2D eigenvalue weighted by molar-refractivity contribution is -0.188. The van der Waals surface area contributed by atoms with Crippen LogP contribution in [0.2, 0.25) is 5.02 Å². The number of methoxy groups -OCH3 is 2. The summed E-state index contributed by atoms with van der Waals surface area (Å²) < 4.78 is 77.3. The van der Waals surface area contributed by atoms with Crippen LogP contribution in [0.1, 0.15) is 78.9 Å². The number of benzene rings is 3. The fourth-order valence-corrected chi connectivity index (χ4v) is 9.83. The number of aliphatic hydroxyl groups is 2. The maximum absolute atomic E-state index is 15.7. The summed E-state index contributed by atoms with van der Waals surface area (Å²) in [4.78, 5) is 17.9. The largest absolute Gasteiger partial charge is 0.496 e. The number of rotatable bonds is 13. The SMILES string of the molecule is COc1cc(-c2cccc(-c3cccc4c3CC[C@@H]4Oc3nc(OC)c(CN4CC5(C(O)O)CCC4CC5)cc3C(F)(F)F)c2Cl)cc(F)c1CNC[C@@H]1CCC(=O)N1. The molecule has 10 nitrogen and oxygen atoms in total. The Hall–Kier alpha value is -4.47. The highest BCUT2D eigenvalue weighted by atomic mass is 35.5. The lowest BCUT2D eigenvalue weighted by atomic mass is 9.67. The van der Waals surface area contributed by atoms with Crippen LogP contribution in [0.15, 0.2) is 54.6 Å². The minimum Gasteiger partial charge on any atom is -0.496 e. The number of carbonyl (C=O) groups is 1. The first-order valence-electron chi connectivity index (χ1n) is 20.0. The number of ether oxygens (including phenoxy) is 3. The molecule has 5 aliphatic rings. The first kappa shape index (κ1) is 41.3. The normalized spacial score (nSPS) is 22.8. The number of halogens is 5. The number of fused-ring (bicyclic) bond motifs is 4. The van der Waals surface area contributed by atoms with Crippen molar-refractivity contribution < 1.29 is 46.8 Å². The van der Waals surface area contributed by atoms with Gasteiger partial charge in [0.2, 0.25) is 17.7 Å². The van der Waals surface area contributed by atoms with Gasteiger partial charge in [-0.15, -0.1) is 0 Å². The number of pyridine rings is 1. The highest BCUT2D eigenvalue weighted by Gasteiger charge is 2.49. The van der Waals surface area contributed by atoms with Gasteiger partial charge in [-0.3, -0.25) is 9.69 Å². The predicted octanol–water partition coefficient (Wildman–Crippen LogP) is 7.73. The van der Waals surface area contributed by atoms with Crippen molar-refractivity contribution in [2.75, 3.05) is 27.3 Å². The average molecular weight is 839 g/mol. The topological polar surface area (TPSA) is 125 Å². The zero-order valence-electron chi connectivity index (χ0n) is 32.8. The third-order valence-corrected chi connectivity index (χ3v) is 13.1. The second-order valence-corrected chi connectivity index (χ2v) is 16.5. The van der Waals surface area contributed by atoms with E-state index in [-0.39, 0.29) is 42.5 Å². The zero-order chi connectivity index (χ0) is 41.6. The molecule has 1 amide bonds. The second kappa shape index (κ2) is 16.5. The molecular formula is C44H47ClF4N4O6. The molecule has 0 spiro atoms. The van der Waals surface area contributed by atoms with Gasteiger partial charge in [0.25, 0.3) is 0 Å². The van der Waals surface area contributed by atoms with Crippen LogP contribution in [0.5, 0.6) is 17.5 Å². The molecule has 2 aliphatic carbocycles. The maximum Gasteiger partial charge on any atom is 0.421 e. The Labute approximate surface area is 344 Å². The van der Waals surface area contributed by atoms with Gasteiger partial charge in [-0.25, -0.2) is 4.39 Å². The number of piperidine rings is 2. The highest BCUT2D eigenvalue weighted by Crippen LogP contribution is 2.49. The van der Waals surface area contributed by atoms with Crippen LogP contribution in [0.4, 0.5) is 17.6 Å². The fourth-order valence-electron chi connectivity index (χ4n) is 9.49. The molecule has 9 rings (SSSR count). The van der Waals surface area contributed by atoms with E-state index in [0.29, 0.717) is 83.8 Å². The molecule has 3 saturated heterocycles. The number of nitrogens with one attached hydrogen (secondary N) is 2. The lowest BCUT2D eigenvalue weighted by Gasteiger charge is -2.53. The molecule has 2 bridgehead atoms. The molecule has 3 aliphatic heterocycles. The molecule has 0 radical (unpaired) electrons. The van der Waals surface area contributed by atoms with Gasteiger partial charge in [0.05, 0.1) is 19.2 Å². The van der Waals surface area contributed by atoms with Crippen molar-refractivity contribution in [2.45, 2.75) is 95.1 Å². The summed E-state index contributed by atoms with van der Waals surface area (Å²) in [7, 11) is 2.83. The van der Waals surface area contributed by atoms with Crippen molar-refractivity contribution >= 4 is 17.5 Å². The van der Waals surface area contributed by atoms with Gasteiger partial charge < -0.3 is 35.1 Å². The van der Waals surface area contributed by atoms with Gasteiger partial charge in [-0.1, -0.05) is 48.0 Å². The molecule has 15 heteroatoms. The monoisotopic (exact) mass is 838 g/mol. The molecule has 1 saturated carbocycles. The van der Waals surface area contributed by atoms with Gasteiger partial charge in [0, 0.05) is 72.4 Å². The van der Waals surface area contributed by atoms with Crippen LogP contribution in [-0.4, -0.2) is 71.7 Å². The predicted molar refractivity (Wildman–Crippen MR) is 213 cm³/mol. The number of hydrogen-bond donors (Lipinski definition) is 4. The molecule has 314 valence electrons. The minimum absolute atomic E-state index is 0.00718. The van der Waals surface area contributed by atoms with Crippen LogP contribution >= 0.6 is 11.6 Å². The van der Waals surface area contributed by atoms with Crippen LogP contribution in [-0.2, 0) is 30.5 Å². The van der Waals surface area contributed by atoms with E-state index < -0.39 is 41.2 Å². The number of aromatic nitrogens is 1. The summed E-state index contributed by atoms with van der Waals surface area (Å²) in [6, 6.07) is 15.3. The van der Waals surface area contributed by atoms with E-state index in [1.54, 1.807) is 12.1 Å². The average Bonchev–Trinajstić information content (AvgIpc) is 3.84. The van der Waals surface area contributed by atoms with Crippen LogP contribution < -0.4 is 24.8 Å². The minimum atomic E-state index is -4.78. The van der Waals surface area contributed by atoms with E-state index in [0.717, 1.165) is 36.5 Å². The third-order valence-electron chi connectivity index (χ3n) is 12.7. The van der Waals surface area contributed by atoms with Gasteiger partial charge in [-0.2, -0.15) is 18.2 Å². The van der Waals surface area contributed by atoms with E-state index in [4.69, 9.17) is 25.8 Å². The van der Waals surface area contributed by atoms with Crippen molar-refractivity contribution in [3.63, 3.8) is 0 Å². The molecule has 4 heterocycles. The molecule has 4 aromatic rings.